The highest BCUT2D eigenvalue weighted by molar-refractivity contribution is 5.79. The van der Waals surface area contributed by atoms with Crippen molar-refractivity contribution in [3.8, 4) is 0 Å². The normalized spacial score (nSPS) is 40.1. The van der Waals surface area contributed by atoms with Crippen LogP contribution in [0.25, 0.3) is 0 Å². The Kier molecular flexibility index (Phi) is 2.09. The van der Waals surface area contributed by atoms with E-state index in [1.54, 1.807) is 6.92 Å². The fourth-order valence-corrected chi connectivity index (χ4v) is 1.74. The van der Waals surface area contributed by atoms with Crippen molar-refractivity contribution >= 4 is 5.78 Å². The van der Waals surface area contributed by atoms with E-state index >= 15 is 0 Å². The van der Waals surface area contributed by atoms with Gasteiger partial charge in [-0.15, -0.1) is 0 Å². The summed E-state index contributed by atoms with van der Waals surface area (Å²) < 4.78 is 0. The number of hydrogen-bond acceptors (Lipinski definition) is 2. The molecule has 0 amide bonds. The monoisotopic (exact) mass is 141 g/mol. The summed E-state index contributed by atoms with van der Waals surface area (Å²) in [6.45, 7) is 5.88. The first-order chi connectivity index (χ1) is 4.61. The SMILES string of the molecule is CC(=O)[C@H]1C[C@@H](C)N[C@H]1C. The van der Waals surface area contributed by atoms with Gasteiger partial charge in [-0.3, -0.25) is 4.79 Å². The standard InChI is InChI=1S/C8H15NO/c1-5-4-8(7(3)10)6(2)9-5/h5-6,8-9H,4H2,1-3H3/t5-,6+,8+/m1/s1. The molecule has 0 aromatic heterocycles. The van der Waals surface area contributed by atoms with Crippen LogP contribution in [0.2, 0.25) is 0 Å². The second-order valence-electron chi connectivity index (χ2n) is 3.31. The largest absolute Gasteiger partial charge is 0.311 e. The maximum atomic E-state index is 11.0. The third kappa shape index (κ3) is 1.37. The van der Waals surface area contributed by atoms with Crippen LogP contribution in [0.5, 0.6) is 0 Å². The summed E-state index contributed by atoms with van der Waals surface area (Å²) in [6.07, 6.45) is 1.01. The Balaban J connectivity index is 2.54. The fourth-order valence-electron chi connectivity index (χ4n) is 1.74. The number of rotatable bonds is 1. The van der Waals surface area contributed by atoms with Gasteiger partial charge in [0.2, 0.25) is 0 Å². The lowest BCUT2D eigenvalue weighted by molar-refractivity contribution is -0.120. The van der Waals surface area contributed by atoms with Crippen molar-refractivity contribution in [1.82, 2.24) is 5.32 Å². The number of hydrogen-bond donors (Lipinski definition) is 1. The number of ketones is 1. The van der Waals surface area contributed by atoms with Crippen molar-refractivity contribution in [3.63, 3.8) is 0 Å². The molecule has 2 heteroatoms. The highest BCUT2D eigenvalue weighted by Gasteiger charge is 2.30. The molecule has 1 aliphatic heterocycles. The van der Waals surface area contributed by atoms with Gasteiger partial charge in [-0.2, -0.15) is 0 Å². The molecule has 0 aliphatic carbocycles. The van der Waals surface area contributed by atoms with Gasteiger partial charge in [0.15, 0.2) is 0 Å². The van der Waals surface area contributed by atoms with Gasteiger partial charge in [0.05, 0.1) is 0 Å². The second-order valence-corrected chi connectivity index (χ2v) is 3.31. The molecule has 2 nitrogen and oxygen atoms in total. The lowest BCUT2D eigenvalue weighted by Gasteiger charge is -2.09. The molecule has 1 fully saturated rings. The van der Waals surface area contributed by atoms with E-state index in [0.717, 1.165) is 6.42 Å². The molecule has 3 atom stereocenters. The summed E-state index contributed by atoms with van der Waals surface area (Å²) in [5.41, 5.74) is 0. The first-order valence-corrected chi connectivity index (χ1v) is 3.87. The lowest BCUT2D eigenvalue weighted by atomic mass is 9.97. The summed E-state index contributed by atoms with van der Waals surface area (Å²) in [4.78, 5) is 11.0. The van der Waals surface area contributed by atoms with E-state index in [9.17, 15) is 4.79 Å². The number of carbonyl (C=O) groups is 1. The maximum absolute atomic E-state index is 11.0. The summed E-state index contributed by atoms with van der Waals surface area (Å²) in [6, 6.07) is 0.899. The molecule has 1 aliphatic rings. The maximum Gasteiger partial charge on any atom is 0.134 e. The molecule has 0 aromatic rings. The Morgan fingerprint density at radius 2 is 2.10 bits per heavy atom. The molecule has 0 spiro atoms. The highest BCUT2D eigenvalue weighted by atomic mass is 16.1. The van der Waals surface area contributed by atoms with E-state index in [0.29, 0.717) is 17.9 Å². The van der Waals surface area contributed by atoms with Crippen LogP contribution < -0.4 is 5.32 Å². The van der Waals surface area contributed by atoms with E-state index in [2.05, 4.69) is 19.2 Å². The van der Waals surface area contributed by atoms with Crippen LogP contribution in [-0.4, -0.2) is 17.9 Å². The number of carbonyl (C=O) groups excluding carboxylic acids is 1. The first kappa shape index (κ1) is 7.73. The Hall–Kier alpha value is -0.370. The van der Waals surface area contributed by atoms with Crippen LogP contribution in [0.4, 0.5) is 0 Å². The van der Waals surface area contributed by atoms with Gasteiger partial charge in [0, 0.05) is 18.0 Å². The molecule has 1 saturated heterocycles. The Morgan fingerprint density at radius 3 is 2.30 bits per heavy atom. The van der Waals surface area contributed by atoms with Crippen molar-refractivity contribution in [1.29, 1.82) is 0 Å². The average molecular weight is 141 g/mol. The summed E-state index contributed by atoms with van der Waals surface area (Å²) >= 11 is 0. The van der Waals surface area contributed by atoms with E-state index < -0.39 is 0 Å². The average Bonchev–Trinajstić information content (AvgIpc) is 2.10. The van der Waals surface area contributed by atoms with E-state index in [4.69, 9.17) is 0 Å². The van der Waals surface area contributed by atoms with Crippen molar-refractivity contribution in [3.05, 3.63) is 0 Å². The topological polar surface area (TPSA) is 29.1 Å². The number of Topliss-reactive ketones (excluding diaryl/α,β-unsaturated/α-hetero) is 1. The van der Waals surface area contributed by atoms with Crippen molar-refractivity contribution in [2.24, 2.45) is 5.92 Å². The molecule has 1 N–H and O–H groups in total. The third-order valence-corrected chi connectivity index (χ3v) is 2.28. The molecule has 0 bridgehead atoms. The Morgan fingerprint density at radius 1 is 1.50 bits per heavy atom. The molecule has 0 unspecified atom stereocenters. The minimum absolute atomic E-state index is 0.259. The summed E-state index contributed by atoms with van der Waals surface area (Å²) in [5, 5.41) is 3.33. The Bertz CT molecular complexity index is 144. The smallest absolute Gasteiger partial charge is 0.134 e. The van der Waals surface area contributed by atoms with Gasteiger partial charge in [0.1, 0.15) is 5.78 Å². The van der Waals surface area contributed by atoms with E-state index in [1.165, 1.54) is 0 Å². The first-order valence-electron chi connectivity index (χ1n) is 3.87. The lowest BCUT2D eigenvalue weighted by Crippen LogP contribution is -2.28. The molecule has 10 heavy (non-hydrogen) atoms. The van der Waals surface area contributed by atoms with E-state index in [1.807, 2.05) is 0 Å². The zero-order valence-electron chi connectivity index (χ0n) is 6.85. The van der Waals surface area contributed by atoms with Crippen molar-refractivity contribution < 1.29 is 4.79 Å². The highest BCUT2D eigenvalue weighted by Crippen LogP contribution is 2.20. The van der Waals surface area contributed by atoms with E-state index in [-0.39, 0.29) is 5.92 Å². The van der Waals surface area contributed by atoms with Crippen LogP contribution in [0.15, 0.2) is 0 Å². The fraction of sp³-hybridized carbons (Fsp3) is 0.875. The van der Waals surface area contributed by atoms with Crippen LogP contribution >= 0.6 is 0 Å². The molecule has 0 saturated carbocycles. The van der Waals surface area contributed by atoms with Crippen LogP contribution in [0.1, 0.15) is 27.2 Å². The predicted octanol–water partition coefficient (Wildman–Crippen LogP) is 0.962. The third-order valence-electron chi connectivity index (χ3n) is 2.28. The molecule has 0 radical (unpaired) electrons. The van der Waals surface area contributed by atoms with Gasteiger partial charge < -0.3 is 5.32 Å². The van der Waals surface area contributed by atoms with Crippen molar-refractivity contribution in [2.45, 2.75) is 39.3 Å². The molecular formula is C8H15NO. The predicted molar refractivity (Wildman–Crippen MR) is 40.8 cm³/mol. The van der Waals surface area contributed by atoms with Crippen LogP contribution in [-0.2, 0) is 4.79 Å². The molecule has 1 rings (SSSR count). The van der Waals surface area contributed by atoms with Gasteiger partial charge in [-0.25, -0.2) is 0 Å². The zero-order valence-corrected chi connectivity index (χ0v) is 6.85. The van der Waals surface area contributed by atoms with Gasteiger partial charge in [-0.05, 0) is 27.2 Å². The number of nitrogens with one attached hydrogen (secondary N) is 1. The quantitative estimate of drug-likeness (QED) is 0.589. The minimum atomic E-state index is 0.259. The molecular weight excluding hydrogens is 126 g/mol. The summed E-state index contributed by atoms with van der Waals surface area (Å²) in [5.74, 6) is 0.583. The van der Waals surface area contributed by atoms with Gasteiger partial charge >= 0.3 is 0 Å². The van der Waals surface area contributed by atoms with Crippen molar-refractivity contribution in [2.75, 3.05) is 0 Å². The minimum Gasteiger partial charge on any atom is -0.311 e. The molecule has 1 heterocycles. The van der Waals surface area contributed by atoms with Gasteiger partial charge in [-0.1, -0.05) is 0 Å². The second kappa shape index (κ2) is 2.70. The molecule has 0 aromatic carbocycles. The van der Waals surface area contributed by atoms with Crippen LogP contribution in [0.3, 0.4) is 0 Å². The Labute approximate surface area is 62.0 Å². The summed E-state index contributed by atoms with van der Waals surface area (Å²) in [7, 11) is 0. The zero-order chi connectivity index (χ0) is 7.72. The van der Waals surface area contributed by atoms with Gasteiger partial charge in [0.25, 0.3) is 0 Å². The van der Waals surface area contributed by atoms with Crippen LogP contribution in [0, 0.1) is 5.92 Å². The molecule has 58 valence electrons.